The molecule has 2 aromatic carbocycles. The highest BCUT2D eigenvalue weighted by atomic mass is 16.6. The number of nitro benzene ring substituents is 1. The fourth-order valence-electron chi connectivity index (χ4n) is 2.69. The van der Waals surface area contributed by atoms with Crippen LogP contribution in [0.5, 0.6) is 11.5 Å². The molecule has 0 N–H and O–H groups in total. The van der Waals surface area contributed by atoms with Crippen molar-refractivity contribution in [2.75, 3.05) is 26.8 Å². The van der Waals surface area contributed by atoms with Crippen molar-refractivity contribution in [1.82, 2.24) is 4.90 Å². The highest BCUT2D eigenvalue weighted by Crippen LogP contribution is 2.34. The second-order valence-corrected chi connectivity index (χ2v) is 6.32. The summed E-state index contributed by atoms with van der Waals surface area (Å²) in [4.78, 5) is 24.8. The maximum absolute atomic E-state index is 12.4. The first-order chi connectivity index (χ1) is 13.3. The molecule has 0 bridgehead atoms. The maximum Gasteiger partial charge on any atom is 0.270 e. The Morgan fingerprint density at radius 2 is 1.89 bits per heavy atom. The monoisotopic (exact) mass is 384 g/mol. The zero-order chi connectivity index (χ0) is 20.7. The van der Waals surface area contributed by atoms with Crippen molar-refractivity contribution in [3.05, 3.63) is 64.7 Å². The van der Waals surface area contributed by atoms with Gasteiger partial charge in [0.05, 0.1) is 12.0 Å². The Hall–Kier alpha value is -3.35. The molecule has 0 fully saturated rings. The maximum atomic E-state index is 12.4. The Morgan fingerprint density at radius 3 is 2.43 bits per heavy atom. The highest BCUT2D eigenvalue weighted by Gasteiger charge is 2.17. The number of nitro groups is 1. The van der Waals surface area contributed by atoms with Crippen LogP contribution in [0, 0.1) is 10.1 Å². The lowest BCUT2D eigenvalue weighted by molar-refractivity contribution is -0.384. The second kappa shape index (κ2) is 9.55. The van der Waals surface area contributed by atoms with Gasteiger partial charge in [-0.25, -0.2) is 0 Å². The van der Waals surface area contributed by atoms with Gasteiger partial charge < -0.3 is 14.4 Å². The van der Waals surface area contributed by atoms with Crippen LogP contribution in [0.3, 0.4) is 0 Å². The lowest BCUT2D eigenvalue weighted by atomic mass is 10.0. The average molecular weight is 384 g/mol. The Labute approximate surface area is 164 Å². The molecule has 7 heteroatoms. The van der Waals surface area contributed by atoms with Gasteiger partial charge in [-0.1, -0.05) is 24.3 Å². The van der Waals surface area contributed by atoms with Gasteiger partial charge in [-0.3, -0.25) is 14.9 Å². The Morgan fingerprint density at radius 1 is 1.21 bits per heavy atom. The molecule has 28 heavy (non-hydrogen) atoms. The number of hydrogen-bond acceptors (Lipinski definition) is 5. The molecule has 148 valence electrons. The first-order valence-corrected chi connectivity index (χ1v) is 8.83. The summed E-state index contributed by atoms with van der Waals surface area (Å²) in [6.07, 6.45) is 0. The summed E-state index contributed by atoms with van der Waals surface area (Å²) in [6, 6.07) is 11.4. The molecule has 0 heterocycles. The molecule has 0 aliphatic carbocycles. The van der Waals surface area contributed by atoms with E-state index >= 15 is 0 Å². The van der Waals surface area contributed by atoms with Gasteiger partial charge in [0.15, 0.2) is 6.61 Å². The molecule has 2 aromatic rings. The van der Waals surface area contributed by atoms with Crippen molar-refractivity contribution < 1.29 is 19.2 Å². The van der Waals surface area contributed by atoms with Gasteiger partial charge in [-0.2, -0.15) is 0 Å². The lowest BCUT2D eigenvalue weighted by Gasteiger charge is -2.21. The van der Waals surface area contributed by atoms with Crippen LogP contribution >= 0.6 is 0 Å². The minimum atomic E-state index is -0.465. The number of benzene rings is 2. The van der Waals surface area contributed by atoms with Crippen LogP contribution in [0.15, 0.2) is 54.6 Å². The minimum Gasteiger partial charge on any atom is -0.497 e. The third-order valence-electron chi connectivity index (χ3n) is 4.12. The molecular formula is C21H24N2O5. The number of nitrogens with zero attached hydrogens (tertiary/aromatic N) is 2. The topological polar surface area (TPSA) is 81.9 Å². The number of likely N-dealkylation sites (N-methyl/N-ethyl adjacent to an activating group) is 1. The van der Waals surface area contributed by atoms with Gasteiger partial charge in [-0.05, 0) is 37.6 Å². The number of hydrogen-bond donors (Lipinski definition) is 0. The summed E-state index contributed by atoms with van der Waals surface area (Å²) < 4.78 is 10.9. The number of methoxy groups -OCH3 is 1. The number of ether oxygens (including phenoxy) is 2. The van der Waals surface area contributed by atoms with Gasteiger partial charge in [0.1, 0.15) is 11.5 Å². The molecule has 0 aliphatic rings. The fourth-order valence-corrected chi connectivity index (χ4v) is 2.69. The number of carbonyl (C=O) groups excluding carboxylic acids is 1. The van der Waals surface area contributed by atoms with Crippen LogP contribution < -0.4 is 9.47 Å². The van der Waals surface area contributed by atoms with E-state index in [9.17, 15) is 14.9 Å². The van der Waals surface area contributed by atoms with E-state index in [0.717, 1.165) is 11.1 Å². The first kappa shape index (κ1) is 21.0. The molecule has 2 rings (SSSR count). The van der Waals surface area contributed by atoms with E-state index in [1.165, 1.54) is 18.2 Å². The summed E-state index contributed by atoms with van der Waals surface area (Å²) in [5.74, 6) is 0.894. The number of carbonyl (C=O) groups is 1. The first-order valence-electron chi connectivity index (χ1n) is 8.83. The van der Waals surface area contributed by atoms with Crippen molar-refractivity contribution in [3.63, 3.8) is 0 Å². The van der Waals surface area contributed by atoms with E-state index in [4.69, 9.17) is 9.47 Å². The van der Waals surface area contributed by atoms with Crippen LogP contribution in [0.1, 0.15) is 13.8 Å². The van der Waals surface area contributed by atoms with E-state index in [1.807, 2.05) is 13.8 Å². The quantitative estimate of drug-likeness (QED) is 0.370. The van der Waals surface area contributed by atoms with Gasteiger partial charge >= 0.3 is 0 Å². The number of non-ortho nitro benzene ring substituents is 1. The smallest absolute Gasteiger partial charge is 0.270 e. The van der Waals surface area contributed by atoms with Crippen LogP contribution in [-0.2, 0) is 4.79 Å². The fraction of sp³-hybridized carbons (Fsp3) is 0.286. The van der Waals surface area contributed by atoms with Crippen molar-refractivity contribution >= 4 is 11.6 Å². The molecule has 0 spiro atoms. The predicted octanol–water partition coefficient (Wildman–Crippen LogP) is 4.07. The van der Waals surface area contributed by atoms with E-state index in [-0.39, 0.29) is 18.2 Å². The zero-order valence-corrected chi connectivity index (χ0v) is 16.3. The lowest BCUT2D eigenvalue weighted by Crippen LogP contribution is -2.35. The molecule has 0 aromatic heterocycles. The van der Waals surface area contributed by atoms with Crippen LogP contribution in [0.2, 0.25) is 0 Å². The van der Waals surface area contributed by atoms with E-state index < -0.39 is 4.92 Å². The van der Waals surface area contributed by atoms with Gasteiger partial charge in [0.2, 0.25) is 0 Å². The Bertz CT molecular complexity index is 862. The summed E-state index contributed by atoms with van der Waals surface area (Å²) in [6.45, 7) is 8.41. The Kier molecular flexibility index (Phi) is 7.14. The van der Waals surface area contributed by atoms with Gasteiger partial charge in [-0.15, -0.1) is 0 Å². The van der Waals surface area contributed by atoms with Crippen molar-refractivity contribution in [2.24, 2.45) is 0 Å². The molecule has 0 aliphatic heterocycles. The summed E-state index contributed by atoms with van der Waals surface area (Å²) in [5.41, 5.74) is 2.08. The largest absolute Gasteiger partial charge is 0.497 e. The molecule has 0 unspecified atom stereocenters. The average Bonchev–Trinajstić information content (AvgIpc) is 2.69. The van der Waals surface area contributed by atoms with Crippen LogP contribution in [-0.4, -0.2) is 42.5 Å². The number of rotatable bonds is 9. The summed E-state index contributed by atoms with van der Waals surface area (Å²) in [7, 11) is 1.56. The third kappa shape index (κ3) is 5.33. The number of amides is 1. The van der Waals surface area contributed by atoms with Crippen molar-refractivity contribution in [2.45, 2.75) is 13.8 Å². The SMILES string of the molecule is C=C(C)CN(CC)C(=O)COc1ccc([N+](=O)[O-])cc1-c1ccc(OC)cc1. The predicted molar refractivity (Wildman–Crippen MR) is 108 cm³/mol. The van der Waals surface area contributed by atoms with Crippen LogP contribution in [0.25, 0.3) is 11.1 Å². The van der Waals surface area contributed by atoms with E-state index in [2.05, 4.69) is 6.58 Å². The van der Waals surface area contributed by atoms with E-state index in [0.29, 0.717) is 30.2 Å². The van der Waals surface area contributed by atoms with Gasteiger partial charge in [0.25, 0.3) is 11.6 Å². The molecule has 0 saturated carbocycles. The van der Waals surface area contributed by atoms with Gasteiger partial charge in [0, 0.05) is 30.8 Å². The third-order valence-corrected chi connectivity index (χ3v) is 4.12. The van der Waals surface area contributed by atoms with Crippen molar-refractivity contribution in [1.29, 1.82) is 0 Å². The normalized spacial score (nSPS) is 10.2. The molecule has 0 saturated heterocycles. The highest BCUT2D eigenvalue weighted by molar-refractivity contribution is 5.79. The van der Waals surface area contributed by atoms with E-state index in [1.54, 1.807) is 36.3 Å². The molecule has 1 amide bonds. The Balaban J connectivity index is 2.28. The second-order valence-electron chi connectivity index (χ2n) is 6.32. The molecule has 0 atom stereocenters. The molecular weight excluding hydrogens is 360 g/mol. The summed E-state index contributed by atoms with van der Waals surface area (Å²) >= 11 is 0. The van der Waals surface area contributed by atoms with Crippen molar-refractivity contribution in [3.8, 4) is 22.6 Å². The minimum absolute atomic E-state index is 0.0537. The summed E-state index contributed by atoms with van der Waals surface area (Å²) in [5, 5.41) is 11.2. The molecule has 7 nitrogen and oxygen atoms in total. The standard InChI is InChI=1S/C21H24N2O5/c1-5-22(13-15(2)3)21(24)14-28-20-11-8-17(23(25)26)12-19(20)16-6-9-18(27-4)10-7-16/h6-12H,2,5,13-14H2,1,3-4H3. The zero-order valence-electron chi connectivity index (χ0n) is 16.3. The molecule has 0 radical (unpaired) electrons. The van der Waals surface area contributed by atoms with Crippen LogP contribution in [0.4, 0.5) is 5.69 Å².